The van der Waals surface area contributed by atoms with Crippen molar-refractivity contribution in [3.8, 4) is 5.75 Å². The average molecular weight is 422 g/mol. The number of halogens is 1. The Labute approximate surface area is 155 Å². The van der Waals surface area contributed by atoms with Gasteiger partial charge in [0.2, 0.25) is 11.2 Å². The van der Waals surface area contributed by atoms with E-state index in [4.69, 9.17) is 9.15 Å². The Kier molecular flexibility index (Phi) is 5.34. The van der Waals surface area contributed by atoms with Gasteiger partial charge in [0.05, 0.1) is 11.3 Å². The highest BCUT2D eigenvalue weighted by Crippen LogP contribution is 2.20. The second-order valence-electron chi connectivity index (χ2n) is 4.99. The van der Waals surface area contributed by atoms with E-state index in [0.29, 0.717) is 22.2 Å². The van der Waals surface area contributed by atoms with Gasteiger partial charge in [-0.1, -0.05) is 33.8 Å². The van der Waals surface area contributed by atoms with Crippen molar-refractivity contribution in [1.82, 2.24) is 14.8 Å². The summed E-state index contributed by atoms with van der Waals surface area (Å²) in [5.41, 5.74) is -0.0983. The van der Waals surface area contributed by atoms with Gasteiger partial charge < -0.3 is 13.7 Å². The maximum absolute atomic E-state index is 12.1. The van der Waals surface area contributed by atoms with Crippen molar-refractivity contribution in [1.29, 1.82) is 0 Å². The fourth-order valence-corrected chi connectivity index (χ4v) is 3.08. The standard InChI is InChI=1S/C16H12BrN3O4S/c1-20-9-18-19-16(20)25-8-12-6-13(21)14(7-23-12)24-15(22)10-3-2-4-11(17)5-10/h2-7,9H,8H2,1H3. The summed E-state index contributed by atoms with van der Waals surface area (Å²) in [4.78, 5) is 24.2. The Hall–Kier alpha value is -2.39. The molecule has 0 radical (unpaired) electrons. The van der Waals surface area contributed by atoms with E-state index in [1.807, 2.05) is 7.05 Å². The van der Waals surface area contributed by atoms with Gasteiger partial charge in [-0.05, 0) is 18.2 Å². The topological polar surface area (TPSA) is 87.2 Å². The molecule has 2 heterocycles. The first-order valence-corrected chi connectivity index (χ1v) is 8.87. The Morgan fingerprint density at radius 1 is 1.40 bits per heavy atom. The smallest absolute Gasteiger partial charge is 0.343 e. The average Bonchev–Trinajstić information content (AvgIpc) is 3.00. The highest BCUT2D eigenvalue weighted by atomic mass is 79.9. The molecule has 0 amide bonds. The summed E-state index contributed by atoms with van der Waals surface area (Å²) in [6.07, 6.45) is 2.73. The predicted octanol–water partition coefficient (Wildman–Crippen LogP) is 3.04. The van der Waals surface area contributed by atoms with Gasteiger partial charge in [0.25, 0.3) is 0 Å². The molecule has 0 fully saturated rings. The van der Waals surface area contributed by atoms with Crippen molar-refractivity contribution in [3.05, 3.63) is 68.9 Å². The minimum atomic E-state index is -0.630. The van der Waals surface area contributed by atoms with Gasteiger partial charge in [-0.2, -0.15) is 0 Å². The molecule has 0 saturated heterocycles. The summed E-state index contributed by atoms with van der Waals surface area (Å²) in [6.45, 7) is 0. The molecule has 2 aromatic heterocycles. The number of esters is 1. The number of benzene rings is 1. The van der Waals surface area contributed by atoms with Gasteiger partial charge in [-0.3, -0.25) is 4.79 Å². The quantitative estimate of drug-likeness (QED) is 0.461. The highest BCUT2D eigenvalue weighted by Gasteiger charge is 2.13. The lowest BCUT2D eigenvalue weighted by atomic mass is 10.2. The normalized spacial score (nSPS) is 10.6. The highest BCUT2D eigenvalue weighted by molar-refractivity contribution is 9.10. The molecule has 0 aliphatic carbocycles. The minimum Gasteiger partial charge on any atom is -0.464 e. The van der Waals surface area contributed by atoms with Crippen LogP contribution in [0.25, 0.3) is 0 Å². The Bertz CT molecular complexity index is 970. The Morgan fingerprint density at radius 2 is 2.24 bits per heavy atom. The Morgan fingerprint density at radius 3 is 2.92 bits per heavy atom. The van der Waals surface area contributed by atoms with Crippen LogP contribution in [0, 0.1) is 0 Å². The van der Waals surface area contributed by atoms with Gasteiger partial charge in [-0.25, -0.2) is 4.79 Å². The summed E-state index contributed by atoms with van der Waals surface area (Å²) in [7, 11) is 1.82. The van der Waals surface area contributed by atoms with E-state index in [1.165, 1.54) is 17.8 Å². The van der Waals surface area contributed by atoms with E-state index in [0.717, 1.165) is 10.7 Å². The molecule has 0 bridgehead atoms. The number of thioether (sulfide) groups is 1. The molecule has 0 aliphatic heterocycles. The zero-order valence-corrected chi connectivity index (χ0v) is 15.4. The lowest BCUT2D eigenvalue weighted by Crippen LogP contribution is -2.14. The van der Waals surface area contributed by atoms with E-state index < -0.39 is 11.4 Å². The first kappa shape index (κ1) is 17.4. The van der Waals surface area contributed by atoms with E-state index in [1.54, 1.807) is 35.2 Å². The lowest BCUT2D eigenvalue weighted by Gasteiger charge is -2.05. The zero-order chi connectivity index (χ0) is 17.8. The molecular weight excluding hydrogens is 410 g/mol. The third-order valence-electron chi connectivity index (χ3n) is 3.13. The monoisotopic (exact) mass is 421 g/mol. The van der Waals surface area contributed by atoms with Crippen LogP contribution < -0.4 is 10.2 Å². The second kappa shape index (κ2) is 7.66. The van der Waals surface area contributed by atoms with Gasteiger partial charge >= 0.3 is 5.97 Å². The number of aromatic nitrogens is 3. The van der Waals surface area contributed by atoms with Crippen LogP contribution in [0.5, 0.6) is 5.75 Å². The van der Waals surface area contributed by atoms with E-state index in [2.05, 4.69) is 26.1 Å². The molecular formula is C16H12BrN3O4S. The first-order chi connectivity index (χ1) is 12.0. The number of ether oxygens (including phenoxy) is 1. The lowest BCUT2D eigenvalue weighted by molar-refractivity contribution is 0.0728. The van der Waals surface area contributed by atoms with Crippen LogP contribution in [-0.2, 0) is 12.8 Å². The fourth-order valence-electron chi connectivity index (χ4n) is 1.90. The molecule has 0 saturated carbocycles. The maximum Gasteiger partial charge on any atom is 0.343 e. The van der Waals surface area contributed by atoms with Crippen molar-refractivity contribution < 1.29 is 13.9 Å². The summed E-state index contributed by atoms with van der Waals surface area (Å²) in [5, 5.41) is 8.41. The molecule has 0 aliphatic rings. The van der Waals surface area contributed by atoms with E-state index in [9.17, 15) is 9.59 Å². The summed E-state index contributed by atoms with van der Waals surface area (Å²) >= 11 is 4.65. The summed E-state index contributed by atoms with van der Waals surface area (Å²) in [5.74, 6) is 0.0641. The summed E-state index contributed by atoms with van der Waals surface area (Å²) < 4.78 is 13.0. The number of nitrogens with zero attached hydrogens (tertiary/aromatic N) is 3. The number of aryl methyl sites for hydroxylation is 1. The Balaban J connectivity index is 1.68. The number of carbonyl (C=O) groups excluding carboxylic acids is 1. The van der Waals surface area contributed by atoms with Crippen molar-refractivity contribution in [3.63, 3.8) is 0 Å². The SMILES string of the molecule is Cn1cnnc1SCc1cc(=O)c(OC(=O)c2cccc(Br)c2)co1. The van der Waals surface area contributed by atoms with Crippen LogP contribution in [0.3, 0.4) is 0 Å². The van der Waals surface area contributed by atoms with Crippen LogP contribution >= 0.6 is 27.7 Å². The number of hydrogen-bond acceptors (Lipinski definition) is 7. The fraction of sp³-hybridized carbons (Fsp3) is 0.125. The van der Waals surface area contributed by atoms with Gasteiger partial charge in [0, 0.05) is 17.6 Å². The third-order valence-corrected chi connectivity index (χ3v) is 4.68. The van der Waals surface area contributed by atoms with Crippen LogP contribution in [-0.4, -0.2) is 20.7 Å². The molecule has 9 heteroatoms. The molecule has 3 aromatic rings. The van der Waals surface area contributed by atoms with Crippen molar-refractivity contribution in [2.24, 2.45) is 7.05 Å². The maximum atomic E-state index is 12.1. The van der Waals surface area contributed by atoms with Crippen LogP contribution in [0.15, 0.2) is 61.8 Å². The molecule has 7 nitrogen and oxygen atoms in total. The van der Waals surface area contributed by atoms with Gasteiger partial charge in [0.1, 0.15) is 18.4 Å². The molecule has 3 rings (SSSR count). The molecule has 128 valence electrons. The van der Waals surface area contributed by atoms with Gasteiger partial charge in [-0.15, -0.1) is 10.2 Å². The number of carbonyl (C=O) groups is 1. The van der Waals surface area contributed by atoms with Crippen molar-refractivity contribution in [2.45, 2.75) is 10.9 Å². The minimum absolute atomic E-state index is 0.155. The van der Waals surface area contributed by atoms with Crippen molar-refractivity contribution in [2.75, 3.05) is 0 Å². The predicted molar refractivity (Wildman–Crippen MR) is 94.6 cm³/mol. The molecule has 0 atom stereocenters. The molecule has 0 spiro atoms. The molecule has 1 aromatic carbocycles. The first-order valence-electron chi connectivity index (χ1n) is 7.09. The second-order valence-corrected chi connectivity index (χ2v) is 6.85. The third kappa shape index (κ3) is 4.37. The van der Waals surface area contributed by atoms with E-state index >= 15 is 0 Å². The molecule has 25 heavy (non-hydrogen) atoms. The van der Waals surface area contributed by atoms with Crippen molar-refractivity contribution >= 4 is 33.7 Å². The largest absolute Gasteiger partial charge is 0.464 e. The van der Waals surface area contributed by atoms with Crippen LogP contribution in [0.2, 0.25) is 0 Å². The molecule has 0 unspecified atom stereocenters. The van der Waals surface area contributed by atoms with E-state index in [-0.39, 0.29) is 5.75 Å². The number of rotatable bonds is 5. The zero-order valence-electron chi connectivity index (χ0n) is 13.0. The summed E-state index contributed by atoms with van der Waals surface area (Å²) in [6, 6.07) is 7.99. The van der Waals surface area contributed by atoms with Crippen LogP contribution in [0.4, 0.5) is 0 Å². The van der Waals surface area contributed by atoms with Crippen LogP contribution in [0.1, 0.15) is 16.1 Å². The number of hydrogen-bond donors (Lipinski definition) is 0. The van der Waals surface area contributed by atoms with Gasteiger partial charge in [0.15, 0.2) is 5.16 Å². The molecule has 0 N–H and O–H groups in total.